The number of pyridine rings is 1. The molecule has 2 aliphatic heterocycles. The van der Waals surface area contributed by atoms with E-state index in [2.05, 4.69) is 15.3 Å². The number of carbonyl (C=O) groups is 1. The summed E-state index contributed by atoms with van der Waals surface area (Å²) in [6.45, 7) is 3.30. The first-order valence-corrected chi connectivity index (χ1v) is 12.7. The molecule has 3 aliphatic rings. The van der Waals surface area contributed by atoms with Crippen LogP contribution in [-0.4, -0.2) is 70.3 Å². The lowest BCUT2D eigenvalue weighted by atomic mass is 9.77. The van der Waals surface area contributed by atoms with Crippen LogP contribution >= 0.6 is 11.6 Å². The molecule has 1 aliphatic carbocycles. The number of hydrogen-bond donors (Lipinski definition) is 1. The van der Waals surface area contributed by atoms with Crippen molar-refractivity contribution in [1.82, 2.24) is 19.9 Å². The number of nitrogens with one attached hydrogen (secondary N) is 1. The van der Waals surface area contributed by atoms with Crippen molar-refractivity contribution in [2.24, 2.45) is 0 Å². The molecule has 182 valence electrons. The molecule has 1 aromatic carbocycles. The molecule has 1 N–H and O–H groups in total. The normalized spacial score (nSPS) is 24.4. The summed E-state index contributed by atoms with van der Waals surface area (Å²) in [5.41, 5.74) is 3.30. The van der Waals surface area contributed by atoms with Gasteiger partial charge < -0.3 is 19.7 Å². The maximum atomic E-state index is 12.8. The number of aromatic nitrogens is 3. The van der Waals surface area contributed by atoms with Gasteiger partial charge in [-0.15, -0.1) is 0 Å². The monoisotopic (exact) mass is 493 g/mol. The first-order chi connectivity index (χ1) is 17.1. The van der Waals surface area contributed by atoms with Gasteiger partial charge in [-0.2, -0.15) is 0 Å². The van der Waals surface area contributed by atoms with Crippen LogP contribution in [0, 0.1) is 0 Å². The minimum atomic E-state index is 0.0225. The van der Waals surface area contributed by atoms with Crippen LogP contribution in [0.5, 0.6) is 0 Å². The van der Waals surface area contributed by atoms with Crippen LogP contribution in [0.4, 0.5) is 5.95 Å². The maximum absolute atomic E-state index is 12.8. The van der Waals surface area contributed by atoms with Crippen LogP contribution < -0.4 is 5.32 Å². The number of ether oxygens (including phenoxy) is 2. The molecule has 2 saturated heterocycles. The molecule has 6 rings (SSSR count). The zero-order valence-electron chi connectivity index (χ0n) is 19.5. The summed E-state index contributed by atoms with van der Waals surface area (Å²) in [6, 6.07) is 7.91. The summed E-state index contributed by atoms with van der Waals surface area (Å²) >= 11 is 6.38. The Morgan fingerprint density at radius 2 is 1.77 bits per heavy atom. The van der Waals surface area contributed by atoms with E-state index in [0.29, 0.717) is 54.4 Å². The van der Waals surface area contributed by atoms with Gasteiger partial charge in [0.1, 0.15) is 5.15 Å². The summed E-state index contributed by atoms with van der Waals surface area (Å²) < 4.78 is 11.2. The van der Waals surface area contributed by atoms with E-state index in [9.17, 15) is 4.79 Å². The number of fused-ring (bicyclic) bond motifs is 1. The zero-order valence-corrected chi connectivity index (χ0v) is 20.3. The second-order valence-electron chi connectivity index (χ2n) is 9.60. The van der Waals surface area contributed by atoms with E-state index in [1.807, 2.05) is 29.2 Å². The van der Waals surface area contributed by atoms with E-state index in [-0.39, 0.29) is 11.5 Å². The van der Waals surface area contributed by atoms with Gasteiger partial charge in [-0.1, -0.05) is 23.7 Å². The summed E-state index contributed by atoms with van der Waals surface area (Å²) in [4.78, 5) is 28.3. The molecule has 1 amide bonds. The highest BCUT2D eigenvalue weighted by molar-refractivity contribution is 6.34. The molecule has 0 bridgehead atoms. The Morgan fingerprint density at radius 1 is 1.03 bits per heavy atom. The molecule has 9 heteroatoms. The Balaban J connectivity index is 1.24. The predicted molar refractivity (Wildman–Crippen MR) is 134 cm³/mol. The van der Waals surface area contributed by atoms with Crippen LogP contribution in [0.25, 0.3) is 22.0 Å². The van der Waals surface area contributed by atoms with Gasteiger partial charge in [-0.05, 0) is 49.8 Å². The van der Waals surface area contributed by atoms with Gasteiger partial charge in [-0.3, -0.25) is 4.79 Å². The number of amides is 1. The van der Waals surface area contributed by atoms with Gasteiger partial charge in [-0.25, -0.2) is 15.0 Å². The van der Waals surface area contributed by atoms with Gasteiger partial charge >= 0.3 is 0 Å². The third-order valence-corrected chi connectivity index (χ3v) is 7.81. The minimum absolute atomic E-state index is 0.0225. The van der Waals surface area contributed by atoms with E-state index in [0.717, 1.165) is 48.9 Å². The molecule has 3 fully saturated rings. The highest BCUT2D eigenvalue weighted by atomic mass is 35.5. The second kappa shape index (κ2) is 9.33. The third kappa shape index (κ3) is 4.46. The fourth-order valence-electron chi connectivity index (χ4n) is 5.27. The number of hydrogen-bond acceptors (Lipinski definition) is 7. The van der Waals surface area contributed by atoms with Crippen molar-refractivity contribution in [3.05, 3.63) is 47.4 Å². The minimum Gasteiger partial charge on any atom is -0.378 e. The Kier molecular flexibility index (Phi) is 6.04. The van der Waals surface area contributed by atoms with Crippen molar-refractivity contribution in [2.45, 2.75) is 43.7 Å². The van der Waals surface area contributed by atoms with Crippen LogP contribution in [0.2, 0.25) is 5.15 Å². The van der Waals surface area contributed by atoms with Gasteiger partial charge in [0, 0.05) is 42.7 Å². The number of benzene rings is 1. The summed E-state index contributed by atoms with van der Waals surface area (Å²) in [7, 11) is 0. The zero-order chi connectivity index (χ0) is 23.8. The lowest BCUT2D eigenvalue weighted by Gasteiger charge is -2.46. The van der Waals surface area contributed by atoms with Crippen molar-refractivity contribution < 1.29 is 14.3 Å². The van der Waals surface area contributed by atoms with Crippen LogP contribution in [0.3, 0.4) is 0 Å². The quantitative estimate of drug-likeness (QED) is 0.541. The van der Waals surface area contributed by atoms with E-state index in [4.69, 9.17) is 26.1 Å². The number of rotatable bonds is 4. The van der Waals surface area contributed by atoms with Crippen molar-refractivity contribution >= 4 is 34.4 Å². The Labute approximate surface area is 209 Å². The molecule has 0 unspecified atom stereocenters. The molecule has 0 atom stereocenters. The van der Waals surface area contributed by atoms with Crippen LogP contribution in [0.15, 0.2) is 36.7 Å². The molecular weight excluding hydrogens is 466 g/mol. The Bertz CT molecular complexity index is 1230. The molecule has 1 saturated carbocycles. The van der Waals surface area contributed by atoms with Crippen molar-refractivity contribution in [2.75, 3.05) is 38.2 Å². The second-order valence-corrected chi connectivity index (χ2v) is 9.96. The third-order valence-electron chi connectivity index (χ3n) is 7.51. The van der Waals surface area contributed by atoms with Crippen LogP contribution in [-0.2, 0) is 9.47 Å². The first kappa shape index (κ1) is 22.6. The highest BCUT2D eigenvalue weighted by Crippen LogP contribution is 2.41. The smallest absolute Gasteiger partial charge is 0.254 e. The van der Waals surface area contributed by atoms with Crippen molar-refractivity contribution in [1.29, 1.82) is 0 Å². The molecule has 35 heavy (non-hydrogen) atoms. The largest absolute Gasteiger partial charge is 0.378 e. The highest BCUT2D eigenvalue weighted by Gasteiger charge is 2.41. The number of morpholine rings is 1. The maximum Gasteiger partial charge on any atom is 0.254 e. The Morgan fingerprint density at radius 3 is 2.46 bits per heavy atom. The van der Waals surface area contributed by atoms with Crippen molar-refractivity contribution in [3.8, 4) is 11.1 Å². The average molecular weight is 494 g/mol. The van der Waals surface area contributed by atoms with Crippen LogP contribution in [0.1, 0.15) is 42.5 Å². The van der Waals surface area contributed by atoms with E-state index in [1.165, 1.54) is 6.42 Å². The number of carbonyl (C=O) groups excluding carboxylic acids is 1. The molecular formula is C26H28ClN5O3. The van der Waals surface area contributed by atoms with E-state index in [1.54, 1.807) is 12.4 Å². The molecule has 8 nitrogen and oxygen atoms in total. The molecule has 0 radical (unpaired) electrons. The fourth-order valence-corrected chi connectivity index (χ4v) is 5.46. The number of anilines is 1. The van der Waals surface area contributed by atoms with E-state index < -0.39 is 0 Å². The van der Waals surface area contributed by atoms with E-state index >= 15 is 0 Å². The lowest BCUT2D eigenvalue weighted by Crippen LogP contribution is -2.48. The summed E-state index contributed by atoms with van der Waals surface area (Å²) in [6.07, 6.45) is 8.90. The topological polar surface area (TPSA) is 89.5 Å². The number of nitrogens with zero attached hydrogens (tertiary/aromatic N) is 4. The van der Waals surface area contributed by atoms with Gasteiger partial charge in [0.2, 0.25) is 5.95 Å². The predicted octanol–water partition coefficient (Wildman–Crippen LogP) is 4.33. The standard InChI is InChI=1S/C26H28ClN5O3/c27-23-21-16-29-25(30-19-5-7-26(8-6-19)9-12-35-26)31-22(21)20(15-28-23)17-1-3-18(4-2-17)24(33)32-10-13-34-14-11-32/h1-4,15-16,19H,5-14H2,(H,29,30,31). The van der Waals surface area contributed by atoms with Gasteiger partial charge in [0.25, 0.3) is 5.91 Å². The molecule has 1 spiro atoms. The number of halogens is 1. The Hall–Kier alpha value is -2.81. The summed E-state index contributed by atoms with van der Waals surface area (Å²) in [5.74, 6) is 0.616. The lowest BCUT2D eigenvalue weighted by molar-refractivity contribution is -0.165. The molecule has 4 heterocycles. The molecule has 3 aromatic rings. The first-order valence-electron chi connectivity index (χ1n) is 12.3. The average Bonchev–Trinajstić information content (AvgIpc) is 2.89. The van der Waals surface area contributed by atoms with Crippen molar-refractivity contribution in [3.63, 3.8) is 0 Å². The fraction of sp³-hybridized carbons (Fsp3) is 0.462. The van der Waals surface area contributed by atoms with Gasteiger partial charge in [0.05, 0.1) is 36.3 Å². The molecule has 2 aromatic heterocycles. The summed E-state index contributed by atoms with van der Waals surface area (Å²) in [5, 5.41) is 4.59. The SMILES string of the molecule is O=C(c1ccc(-c2cnc(Cl)c3cnc(NC4CCC5(CCO5)CC4)nc23)cc1)N1CCOCC1. The van der Waals surface area contributed by atoms with Gasteiger partial charge in [0.15, 0.2) is 0 Å².